The molecule has 17 heavy (non-hydrogen) atoms. The van der Waals surface area contributed by atoms with Gasteiger partial charge in [-0.25, -0.2) is 0 Å². The number of amides is 1. The average molecular weight is 274 g/mol. The third-order valence-corrected chi connectivity index (χ3v) is 3.29. The second-order valence-electron chi connectivity index (χ2n) is 3.81. The zero-order chi connectivity index (χ0) is 12.6. The van der Waals surface area contributed by atoms with Crippen LogP contribution in [-0.4, -0.2) is 23.5 Å². The Bertz CT molecular complexity index is 469. The molecule has 1 aliphatic heterocycles. The lowest BCUT2D eigenvalue weighted by Gasteiger charge is -2.18. The molecule has 2 rings (SSSR count). The molecule has 4 nitrogen and oxygen atoms in total. The fourth-order valence-corrected chi connectivity index (χ4v) is 2.44. The van der Waals surface area contributed by atoms with Gasteiger partial charge in [0.05, 0.1) is 21.7 Å². The lowest BCUT2D eigenvalue weighted by Crippen LogP contribution is -2.26. The molecule has 0 unspecified atom stereocenters. The number of carboxylic acids is 1. The Labute approximate surface area is 108 Å². The highest BCUT2D eigenvalue weighted by Crippen LogP contribution is 2.36. The van der Waals surface area contributed by atoms with Crippen molar-refractivity contribution in [3.8, 4) is 0 Å². The van der Waals surface area contributed by atoms with E-state index in [2.05, 4.69) is 0 Å². The summed E-state index contributed by atoms with van der Waals surface area (Å²) in [5, 5.41) is 9.58. The van der Waals surface area contributed by atoms with Gasteiger partial charge in [0.15, 0.2) is 0 Å². The van der Waals surface area contributed by atoms with E-state index in [0.29, 0.717) is 15.7 Å². The summed E-state index contributed by atoms with van der Waals surface area (Å²) in [5.74, 6) is -1.95. The van der Waals surface area contributed by atoms with Crippen molar-refractivity contribution in [2.45, 2.75) is 6.42 Å². The molecule has 1 heterocycles. The predicted molar refractivity (Wildman–Crippen MR) is 64.6 cm³/mol. The number of halogens is 2. The van der Waals surface area contributed by atoms with Crippen molar-refractivity contribution in [1.82, 2.24) is 0 Å². The van der Waals surface area contributed by atoms with E-state index in [0.717, 1.165) is 0 Å². The number of aliphatic carboxylic acids is 1. The quantitative estimate of drug-likeness (QED) is 0.901. The molecule has 1 aliphatic rings. The molecule has 1 amide bonds. The van der Waals surface area contributed by atoms with Crippen LogP contribution in [0.5, 0.6) is 0 Å². The third-order valence-electron chi connectivity index (χ3n) is 2.68. The number of para-hydroxylation sites is 1. The van der Waals surface area contributed by atoms with Crippen LogP contribution in [0.1, 0.15) is 6.42 Å². The highest BCUT2D eigenvalue weighted by Gasteiger charge is 2.36. The first-order chi connectivity index (χ1) is 8.00. The molecule has 0 spiro atoms. The smallest absolute Gasteiger partial charge is 0.308 e. The van der Waals surface area contributed by atoms with Crippen LogP contribution in [0.4, 0.5) is 5.69 Å². The molecule has 0 bridgehead atoms. The van der Waals surface area contributed by atoms with E-state index in [9.17, 15) is 9.59 Å². The third kappa shape index (κ3) is 2.23. The van der Waals surface area contributed by atoms with Gasteiger partial charge in [0, 0.05) is 13.0 Å². The zero-order valence-electron chi connectivity index (χ0n) is 8.69. The van der Waals surface area contributed by atoms with E-state index in [1.807, 2.05) is 0 Å². The lowest BCUT2D eigenvalue weighted by atomic mass is 10.1. The lowest BCUT2D eigenvalue weighted by molar-refractivity contribution is -0.141. The molecule has 1 N–H and O–H groups in total. The van der Waals surface area contributed by atoms with Gasteiger partial charge < -0.3 is 10.0 Å². The first-order valence-corrected chi connectivity index (χ1v) is 5.73. The molecule has 1 fully saturated rings. The maximum atomic E-state index is 11.7. The van der Waals surface area contributed by atoms with E-state index in [1.54, 1.807) is 18.2 Å². The topological polar surface area (TPSA) is 57.6 Å². The van der Waals surface area contributed by atoms with Crippen molar-refractivity contribution in [3.63, 3.8) is 0 Å². The summed E-state index contributed by atoms with van der Waals surface area (Å²) in [4.78, 5) is 23.9. The summed E-state index contributed by atoms with van der Waals surface area (Å²) in [6, 6.07) is 4.90. The summed E-state index contributed by atoms with van der Waals surface area (Å²) in [6.45, 7) is 0.109. The number of carbonyl (C=O) groups is 2. The number of carbonyl (C=O) groups excluding carboxylic acids is 1. The van der Waals surface area contributed by atoms with Gasteiger partial charge in [-0.3, -0.25) is 9.59 Å². The van der Waals surface area contributed by atoms with Gasteiger partial charge in [0.25, 0.3) is 0 Å². The number of hydrogen-bond acceptors (Lipinski definition) is 2. The molecule has 0 radical (unpaired) electrons. The van der Waals surface area contributed by atoms with Crippen LogP contribution in [0.15, 0.2) is 18.2 Å². The van der Waals surface area contributed by atoms with Gasteiger partial charge in [0.2, 0.25) is 5.91 Å². The Morgan fingerprint density at radius 2 is 1.94 bits per heavy atom. The molecule has 90 valence electrons. The molecular weight excluding hydrogens is 265 g/mol. The highest BCUT2D eigenvalue weighted by molar-refractivity contribution is 6.40. The highest BCUT2D eigenvalue weighted by atomic mass is 35.5. The van der Waals surface area contributed by atoms with Crippen molar-refractivity contribution in [3.05, 3.63) is 28.2 Å². The molecule has 0 saturated carbocycles. The zero-order valence-corrected chi connectivity index (χ0v) is 10.2. The van der Waals surface area contributed by atoms with Gasteiger partial charge in [0.1, 0.15) is 0 Å². The minimum atomic E-state index is -0.982. The van der Waals surface area contributed by atoms with Crippen LogP contribution in [0.3, 0.4) is 0 Å². The molecule has 0 aliphatic carbocycles. The number of anilines is 1. The van der Waals surface area contributed by atoms with Gasteiger partial charge in [-0.2, -0.15) is 0 Å². The van der Waals surface area contributed by atoms with Gasteiger partial charge >= 0.3 is 5.97 Å². The van der Waals surface area contributed by atoms with Crippen molar-refractivity contribution in [2.24, 2.45) is 5.92 Å². The van der Waals surface area contributed by atoms with Crippen molar-refractivity contribution >= 4 is 40.8 Å². The molecule has 1 aromatic carbocycles. The summed E-state index contributed by atoms with van der Waals surface area (Å²) >= 11 is 12.0. The number of hydrogen-bond donors (Lipinski definition) is 1. The molecule has 0 aromatic heterocycles. The van der Waals surface area contributed by atoms with Gasteiger partial charge in [-0.15, -0.1) is 0 Å². The minimum Gasteiger partial charge on any atom is -0.481 e. The average Bonchev–Trinajstić information content (AvgIpc) is 2.61. The van der Waals surface area contributed by atoms with Crippen molar-refractivity contribution in [2.75, 3.05) is 11.4 Å². The van der Waals surface area contributed by atoms with E-state index < -0.39 is 11.9 Å². The van der Waals surface area contributed by atoms with Gasteiger partial charge in [-0.1, -0.05) is 29.3 Å². The van der Waals surface area contributed by atoms with Crippen LogP contribution >= 0.6 is 23.2 Å². The molecular formula is C11H9Cl2NO3. The van der Waals surface area contributed by atoms with Gasteiger partial charge in [-0.05, 0) is 12.1 Å². The number of rotatable bonds is 2. The van der Waals surface area contributed by atoms with E-state index in [-0.39, 0.29) is 18.9 Å². The fraction of sp³-hybridized carbons (Fsp3) is 0.273. The SMILES string of the molecule is O=C(O)[C@H]1CC(=O)N(c2c(Cl)cccc2Cl)C1. The van der Waals surface area contributed by atoms with Crippen LogP contribution in [-0.2, 0) is 9.59 Å². The molecule has 6 heteroatoms. The van der Waals surface area contributed by atoms with E-state index in [4.69, 9.17) is 28.3 Å². The molecule has 1 atom stereocenters. The summed E-state index contributed by atoms with van der Waals surface area (Å²) in [7, 11) is 0. The largest absolute Gasteiger partial charge is 0.481 e. The van der Waals surface area contributed by atoms with Crippen molar-refractivity contribution in [1.29, 1.82) is 0 Å². The fourth-order valence-electron chi connectivity index (χ4n) is 1.84. The summed E-state index contributed by atoms with van der Waals surface area (Å²) in [6.07, 6.45) is -0.0170. The van der Waals surface area contributed by atoms with E-state index >= 15 is 0 Å². The maximum Gasteiger partial charge on any atom is 0.308 e. The van der Waals surface area contributed by atoms with Crippen LogP contribution in [0.2, 0.25) is 10.0 Å². The Balaban J connectivity index is 2.35. The molecule has 1 aromatic rings. The predicted octanol–water partition coefficient (Wildman–Crippen LogP) is 2.43. The number of carboxylic acid groups (broad SMARTS) is 1. The van der Waals surface area contributed by atoms with Crippen LogP contribution < -0.4 is 4.90 Å². The van der Waals surface area contributed by atoms with Crippen molar-refractivity contribution < 1.29 is 14.7 Å². The van der Waals surface area contributed by atoms with Crippen LogP contribution in [0.25, 0.3) is 0 Å². The second-order valence-corrected chi connectivity index (χ2v) is 4.63. The summed E-state index contributed by atoms with van der Waals surface area (Å²) < 4.78 is 0. The first-order valence-electron chi connectivity index (χ1n) is 4.98. The Kier molecular flexibility index (Phi) is 3.26. The maximum absolute atomic E-state index is 11.7. The first kappa shape index (κ1) is 12.2. The minimum absolute atomic E-state index is 0.0170. The number of benzene rings is 1. The monoisotopic (exact) mass is 273 g/mol. The standard InChI is InChI=1S/C11H9Cl2NO3/c12-7-2-1-3-8(13)10(7)14-5-6(11(16)17)4-9(14)15/h1-3,6H,4-5H2,(H,16,17)/t6-/m0/s1. The second kappa shape index (κ2) is 4.55. The van der Waals surface area contributed by atoms with Crippen LogP contribution in [0, 0.1) is 5.92 Å². The Hall–Kier alpha value is -1.26. The number of nitrogens with zero attached hydrogens (tertiary/aromatic N) is 1. The Morgan fingerprint density at radius 3 is 2.41 bits per heavy atom. The summed E-state index contributed by atoms with van der Waals surface area (Å²) in [5.41, 5.74) is 0.393. The van der Waals surface area contributed by atoms with E-state index in [1.165, 1.54) is 4.90 Å². The normalized spacial score (nSPS) is 19.8. The molecule has 1 saturated heterocycles. The Morgan fingerprint density at radius 1 is 1.35 bits per heavy atom.